The summed E-state index contributed by atoms with van der Waals surface area (Å²) in [6.45, 7) is 1.78. The molecule has 98 valence electrons. The summed E-state index contributed by atoms with van der Waals surface area (Å²) < 4.78 is 13.6. The van der Waals surface area contributed by atoms with Gasteiger partial charge in [-0.15, -0.1) is 0 Å². The summed E-state index contributed by atoms with van der Waals surface area (Å²) in [6, 6.07) is 4.87. The quantitative estimate of drug-likeness (QED) is 0.847. The molecule has 1 fully saturated rings. The van der Waals surface area contributed by atoms with Crippen LogP contribution in [0.4, 0.5) is 10.1 Å². The summed E-state index contributed by atoms with van der Waals surface area (Å²) in [7, 11) is 0. The van der Waals surface area contributed by atoms with Crippen LogP contribution < -0.4 is 11.1 Å². The van der Waals surface area contributed by atoms with E-state index in [9.17, 15) is 9.18 Å². The number of carbonyl (C=O) groups excluding carboxylic acids is 1. The predicted molar refractivity (Wildman–Crippen MR) is 69.7 cm³/mol. The van der Waals surface area contributed by atoms with Crippen molar-refractivity contribution in [2.24, 2.45) is 11.7 Å². The average Bonchev–Trinajstić information content (AvgIpc) is 2.34. The first-order chi connectivity index (χ1) is 8.58. The maximum Gasteiger partial charge on any atom is 0.227 e. The van der Waals surface area contributed by atoms with E-state index < -0.39 is 0 Å². The second-order valence-electron chi connectivity index (χ2n) is 5.04. The number of para-hydroxylation sites is 1. The number of anilines is 1. The fourth-order valence-electron chi connectivity index (χ4n) is 2.48. The highest BCUT2D eigenvalue weighted by Gasteiger charge is 2.26. The van der Waals surface area contributed by atoms with E-state index in [1.807, 2.05) is 0 Å². The topological polar surface area (TPSA) is 55.1 Å². The van der Waals surface area contributed by atoms with Crippen molar-refractivity contribution in [3.05, 3.63) is 29.6 Å². The molecule has 0 aliphatic heterocycles. The maximum atomic E-state index is 13.6. The Hall–Kier alpha value is -1.42. The van der Waals surface area contributed by atoms with E-state index >= 15 is 0 Å². The second kappa shape index (κ2) is 5.48. The lowest BCUT2D eigenvalue weighted by molar-refractivity contribution is -0.120. The Balaban J connectivity index is 2.07. The van der Waals surface area contributed by atoms with Crippen LogP contribution in [0.25, 0.3) is 0 Å². The highest BCUT2D eigenvalue weighted by Crippen LogP contribution is 2.26. The molecule has 1 aromatic rings. The van der Waals surface area contributed by atoms with Gasteiger partial charge in [0.15, 0.2) is 0 Å². The molecule has 1 aliphatic rings. The Morgan fingerprint density at radius 3 is 2.89 bits per heavy atom. The molecule has 18 heavy (non-hydrogen) atoms. The highest BCUT2D eigenvalue weighted by molar-refractivity contribution is 5.93. The fraction of sp³-hybridized carbons (Fsp3) is 0.500. The van der Waals surface area contributed by atoms with Crippen molar-refractivity contribution in [2.75, 3.05) is 5.32 Å². The van der Waals surface area contributed by atoms with E-state index in [-0.39, 0.29) is 23.7 Å². The molecule has 0 saturated heterocycles. The van der Waals surface area contributed by atoms with Gasteiger partial charge in [0, 0.05) is 12.0 Å². The van der Waals surface area contributed by atoms with Gasteiger partial charge in [-0.2, -0.15) is 0 Å². The second-order valence-corrected chi connectivity index (χ2v) is 5.04. The number of aryl methyl sites for hydroxylation is 1. The zero-order valence-corrected chi connectivity index (χ0v) is 10.6. The predicted octanol–water partition coefficient (Wildman–Crippen LogP) is 2.59. The summed E-state index contributed by atoms with van der Waals surface area (Å²) in [5.74, 6) is -0.588. The van der Waals surface area contributed by atoms with Crippen molar-refractivity contribution in [1.82, 2.24) is 0 Å². The molecule has 3 N–H and O–H groups in total. The normalized spacial score (nSPS) is 23.7. The minimum Gasteiger partial charge on any atom is -0.328 e. The van der Waals surface area contributed by atoms with Crippen molar-refractivity contribution in [2.45, 2.75) is 38.6 Å². The standard InChI is InChI=1S/C14H19FN2O/c1-9-4-2-7-12(15)13(9)17-14(18)10-5-3-6-11(16)8-10/h2,4,7,10-11H,3,5-6,8,16H2,1H3,(H,17,18). The van der Waals surface area contributed by atoms with E-state index in [0.29, 0.717) is 12.1 Å². The first-order valence-corrected chi connectivity index (χ1v) is 6.39. The minimum atomic E-state index is -0.386. The van der Waals surface area contributed by atoms with Crippen LogP contribution in [0.2, 0.25) is 0 Å². The molecule has 0 bridgehead atoms. The minimum absolute atomic E-state index is 0.0900. The SMILES string of the molecule is Cc1cccc(F)c1NC(=O)C1CCCC(N)C1. The summed E-state index contributed by atoms with van der Waals surface area (Å²) in [5, 5.41) is 2.70. The third-order valence-electron chi connectivity index (χ3n) is 3.56. The number of rotatable bonds is 2. The largest absolute Gasteiger partial charge is 0.328 e. The molecule has 4 heteroatoms. The molecule has 0 radical (unpaired) electrons. The molecule has 1 aliphatic carbocycles. The number of amides is 1. The zero-order chi connectivity index (χ0) is 13.1. The van der Waals surface area contributed by atoms with Gasteiger partial charge < -0.3 is 11.1 Å². The van der Waals surface area contributed by atoms with Crippen LogP contribution in [0, 0.1) is 18.7 Å². The van der Waals surface area contributed by atoms with E-state index in [1.165, 1.54) is 6.07 Å². The van der Waals surface area contributed by atoms with Gasteiger partial charge in [-0.25, -0.2) is 4.39 Å². The Morgan fingerprint density at radius 1 is 1.44 bits per heavy atom. The number of hydrogen-bond donors (Lipinski definition) is 2. The fourth-order valence-corrected chi connectivity index (χ4v) is 2.48. The Labute approximate surface area is 107 Å². The summed E-state index contributed by atoms with van der Waals surface area (Å²) >= 11 is 0. The number of benzene rings is 1. The van der Waals surface area contributed by atoms with Crippen LogP contribution in [-0.2, 0) is 4.79 Å². The van der Waals surface area contributed by atoms with Crippen molar-refractivity contribution >= 4 is 11.6 Å². The highest BCUT2D eigenvalue weighted by atomic mass is 19.1. The molecule has 2 unspecified atom stereocenters. The van der Waals surface area contributed by atoms with Crippen LogP contribution >= 0.6 is 0 Å². The molecule has 1 aromatic carbocycles. The van der Waals surface area contributed by atoms with Gasteiger partial charge in [-0.1, -0.05) is 18.6 Å². The van der Waals surface area contributed by atoms with Gasteiger partial charge in [0.2, 0.25) is 5.91 Å². The van der Waals surface area contributed by atoms with E-state index in [2.05, 4.69) is 5.32 Å². The first kappa shape index (κ1) is 13.0. The molecule has 1 amide bonds. The molecule has 1 saturated carbocycles. The Kier molecular flexibility index (Phi) is 3.97. The van der Waals surface area contributed by atoms with E-state index in [0.717, 1.165) is 24.8 Å². The van der Waals surface area contributed by atoms with Crippen LogP contribution in [0.1, 0.15) is 31.2 Å². The maximum absolute atomic E-state index is 13.6. The van der Waals surface area contributed by atoms with Crippen molar-refractivity contribution in [3.63, 3.8) is 0 Å². The molecular formula is C14H19FN2O. The van der Waals surface area contributed by atoms with E-state index in [4.69, 9.17) is 5.73 Å². The summed E-state index contributed by atoms with van der Waals surface area (Å²) in [5.41, 5.74) is 6.89. The number of nitrogens with one attached hydrogen (secondary N) is 1. The molecular weight excluding hydrogens is 231 g/mol. The van der Waals surface area contributed by atoms with Gasteiger partial charge in [0.05, 0.1) is 5.69 Å². The third kappa shape index (κ3) is 2.88. The summed E-state index contributed by atoms with van der Waals surface area (Å²) in [6.07, 6.45) is 3.48. The van der Waals surface area contributed by atoms with Gasteiger partial charge >= 0.3 is 0 Å². The van der Waals surface area contributed by atoms with Crippen LogP contribution in [0.3, 0.4) is 0 Å². The average molecular weight is 250 g/mol. The molecule has 2 rings (SSSR count). The third-order valence-corrected chi connectivity index (χ3v) is 3.56. The number of carbonyl (C=O) groups is 1. The number of halogens is 1. The smallest absolute Gasteiger partial charge is 0.227 e. The zero-order valence-electron chi connectivity index (χ0n) is 10.6. The monoisotopic (exact) mass is 250 g/mol. The lowest BCUT2D eigenvalue weighted by Crippen LogP contribution is -2.34. The molecule has 0 aromatic heterocycles. The number of nitrogens with two attached hydrogens (primary N) is 1. The lowest BCUT2D eigenvalue weighted by atomic mass is 9.85. The number of hydrogen-bond acceptors (Lipinski definition) is 2. The van der Waals surface area contributed by atoms with Crippen LogP contribution in [0.5, 0.6) is 0 Å². The Bertz CT molecular complexity index is 427. The van der Waals surface area contributed by atoms with Crippen molar-refractivity contribution in [3.8, 4) is 0 Å². The van der Waals surface area contributed by atoms with Gasteiger partial charge in [0.1, 0.15) is 5.82 Å². The molecule has 3 nitrogen and oxygen atoms in total. The van der Waals surface area contributed by atoms with Gasteiger partial charge in [-0.05, 0) is 37.8 Å². The van der Waals surface area contributed by atoms with Gasteiger partial charge in [0.25, 0.3) is 0 Å². The Morgan fingerprint density at radius 2 is 2.22 bits per heavy atom. The lowest BCUT2D eigenvalue weighted by Gasteiger charge is -2.26. The summed E-state index contributed by atoms with van der Waals surface area (Å²) in [4.78, 5) is 12.1. The van der Waals surface area contributed by atoms with Gasteiger partial charge in [-0.3, -0.25) is 4.79 Å². The van der Waals surface area contributed by atoms with E-state index in [1.54, 1.807) is 19.1 Å². The van der Waals surface area contributed by atoms with Crippen LogP contribution in [-0.4, -0.2) is 11.9 Å². The molecule has 0 heterocycles. The van der Waals surface area contributed by atoms with Crippen molar-refractivity contribution < 1.29 is 9.18 Å². The molecule has 2 atom stereocenters. The van der Waals surface area contributed by atoms with Crippen molar-refractivity contribution in [1.29, 1.82) is 0 Å². The first-order valence-electron chi connectivity index (χ1n) is 6.39. The molecule has 0 spiro atoms. The van der Waals surface area contributed by atoms with Crippen LogP contribution in [0.15, 0.2) is 18.2 Å².